The maximum Gasteiger partial charge on any atom is 0.328 e. The molecular weight excluding hydrogens is 284 g/mol. The van der Waals surface area contributed by atoms with Crippen LogP contribution in [0.1, 0.15) is 16.1 Å². The molecule has 2 rings (SSSR count). The lowest BCUT2D eigenvalue weighted by atomic mass is 10.2. The number of nitrogens with two attached hydrogens (primary N) is 2. The number of amides is 1. The Kier molecular flexibility index (Phi) is 4.38. The SMILES string of the molecule is NC(N)=NC(=O)c1cccc(-n2cccc2C=CC(=O)O)c1. The first-order valence-corrected chi connectivity index (χ1v) is 6.30. The second-order valence-electron chi connectivity index (χ2n) is 4.37. The van der Waals surface area contributed by atoms with Crippen molar-refractivity contribution in [3.05, 3.63) is 59.9 Å². The first-order valence-electron chi connectivity index (χ1n) is 6.30. The largest absolute Gasteiger partial charge is 0.478 e. The minimum Gasteiger partial charge on any atom is -0.478 e. The van der Waals surface area contributed by atoms with Crippen molar-refractivity contribution in [2.45, 2.75) is 0 Å². The van der Waals surface area contributed by atoms with Gasteiger partial charge in [-0.2, -0.15) is 4.99 Å². The molecule has 1 heterocycles. The van der Waals surface area contributed by atoms with Crippen molar-refractivity contribution in [1.29, 1.82) is 0 Å². The van der Waals surface area contributed by atoms with Gasteiger partial charge in [0.05, 0.1) is 0 Å². The van der Waals surface area contributed by atoms with Crippen molar-refractivity contribution in [2.24, 2.45) is 16.5 Å². The van der Waals surface area contributed by atoms with E-state index in [1.807, 2.05) is 0 Å². The second-order valence-corrected chi connectivity index (χ2v) is 4.37. The number of rotatable bonds is 4. The number of guanidine groups is 1. The van der Waals surface area contributed by atoms with Gasteiger partial charge in [-0.15, -0.1) is 0 Å². The first kappa shape index (κ1) is 15.0. The van der Waals surface area contributed by atoms with E-state index < -0.39 is 11.9 Å². The number of hydrogen-bond acceptors (Lipinski definition) is 2. The zero-order valence-electron chi connectivity index (χ0n) is 11.5. The monoisotopic (exact) mass is 298 g/mol. The van der Waals surface area contributed by atoms with Gasteiger partial charge in [0.25, 0.3) is 5.91 Å². The zero-order valence-corrected chi connectivity index (χ0v) is 11.5. The van der Waals surface area contributed by atoms with E-state index in [1.54, 1.807) is 47.2 Å². The molecule has 0 bridgehead atoms. The van der Waals surface area contributed by atoms with E-state index in [4.69, 9.17) is 16.6 Å². The third-order valence-electron chi connectivity index (χ3n) is 2.78. The van der Waals surface area contributed by atoms with E-state index in [2.05, 4.69) is 4.99 Å². The predicted octanol–water partition coefficient (Wildman–Crippen LogP) is 0.989. The van der Waals surface area contributed by atoms with Crippen molar-refractivity contribution in [1.82, 2.24) is 4.57 Å². The molecule has 1 amide bonds. The average molecular weight is 298 g/mol. The molecule has 5 N–H and O–H groups in total. The molecule has 22 heavy (non-hydrogen) atoms. The summed E-state index contributed by atoms with van der Waals surface area (Å²) in [5, 5.41) is 8.70. The molecule has 0 unspecified atom stereocenters. The fraction of sp³-hybridized carbons (Fsp3) is 0. The van der Waals surface area contributed by atoms with Crippen molar-refractivity contribution in [3.8, 4) is 5.69 Å². The van der Waals surface area contributed by atoms with Gasteiger partial charge in [-0.1, -0.05) is 6.07 Å². The molecule has 1 aromatic carbocycles. The van der Waals surface area contributed by atoms with Crippen LogP contribution in [-0.4, -0.2) is 27.5 Å². The summed E-state index contributed by atoms with van der Waals surface area (Å²) in [6.07, 6.45) is 4.26. The number of aliphatic carboxylic acids is 1. The molecule has 0 spiro atoms. The molecule has 0 aliphatic carbocycles. The fourth-order valence-electron chi connectivity index (χ4n) is 1.89. The van der Waals surface area contributed by atoms with E-state index in [1.165, 1.54) is 6.08 Å². The van der Waals surface area contributed by atoms with Gasteiger partial charge in [-0.25, -0.2) is 4.79 Å². The Labute approximate surface area is 126 Å². The van der Waals surface area contributed by atoms with Crippen LogP contribution in [0.3, 0.4) is 0 Å². The minimum absolute atomic E-state index is 0.304. The first-order chi connectivity index (χ1) is 10.5. The number of carbonyl (C=O) groups is 2. The Morgan fingerprint density at radius 1 is 1.18 bits per heavy atom. The Hall–Kier alpha value is -3.35. The molecule has 2 aromatic rings. The molecule has 0 saturated carbocycles. The smallest absolute Gasteiger partial charge is 0.328 e. The highest BCUT2D eigenvalue weighted by Crippen LogP contribution is 2.16. The van der Waals surface area contributed by atoms with Crippen molar-refractivity contribution in [2.75, 3.05) is 0 Å². The van der Waals surface area contributed by atoms with Gasteiger partial charge in [0.1, 0.15) is 0 Å². The normalized spacial score (nSPS) is 10.5. The van der Waals surface area contributed by atoms with E-state index in [9.17, 15) is 9.59 Å². The third-order valence-corrected chi connectivity index (χ3v) is 2.78. The molecule has 0 aliphatic rings. The van der Waals surface area contributed by atoms with Gasteiger partial charge < -0.3 is 21.1 Å². The number of carbonyl (C=O) groups excluding carboxylic acids is 1. The third kappa shape index (κ3) is 3.60. The van der Waals surface area contributed by atoms with Gasteiger partial charge in [0.2, 0.25) is 0 Å². The Morgan fingerprint density at radius 2 is 1.95 bits per heavy atom. The number of benzene rings is 1. The molecule has 0 fully saturated rings. The van der Waals surface area contributed by atoms with Gasteiger partial charge in [-0.05, 0) is 36.4 Å². The number of aromatic nitrogens is 1. The lowest BCUT2D eigenvalue weighted by Gasteiger charge is -2.07. The maximum atomic E-state index is 11.8. The van der Waals surface area contributed by atoms with Gasteiger partial charge in [0, 0.05) is 29.2 Å². The number of nitrogens with zero attached hydrogens (tertiary/aromatic N) is 2. The molecular formula is C15H14N4O3. The quantitative estimate of drug-likeness (QED) is 0.441. The van der Waals surface area contributed by atoms with Crippen molar-refractivity contribution >= 4 is 23.9 Å². The topological polar surface area (TPSA) is 124 Å². The van der Waals surface area contributed by atoms with Crippen molar-refractivity contribution < 1.29 is 14.7 Å². The highest BCUT2D eigenvalue weighted by molar-refractivity contribution is 6.02. The van der Waals surface area contributed by atoms with Gasteiger partial charge in [-0.3, -0.25) is 4.79 Å². The summed E-state index contributed by atoms with van der Waals surface area (Å²) < 4.78 is 1.74. The van der Waals surface area contributed by atoms with Crippen LogP contribution >= 0.6 is 0 Å². The van der Waals surface area contributed by atoms with Crippen LogP contribution < -0.4 is 11.5 Å². The molecule has 112 valence electrons. The lowest BCUT2D eigenvalue weighted by Crippen LogP contribution is -2.24. The van der Waals surface area contributed by atoms with Crippen LogP contribution in [0.4, 0.5) is 0 Å². The van der Waals surface area contributed by atoms with Crippen LogP contribution in [0.15, 0.2) is 53.7 Å². The van der Waals surface area contributed by atoms with Crippen LogP contribution in [-0.2, 0) is 4.79 Å². The summed E-state index contributed by atoms with van der Waals surface area (Å²) in [6, 6.07) is 10.2. The van der Waals surface area contributed by atoms with Crippen LogP contribution in [0, 0.1) is 0 Å². The van der Waals surface area contributed by atoms with Gasteiger partial charge >= 0.3 is 5.97 Å². The van der Waals surface area contributed by atoms with Crippen molar-refractivity contribution in [3.63, 3.8) is 0 Å². The van der Waals surface area contributed by atoms with E-state index >= 15 is 0 Å². The van der Waals surface area contributed by atoms with E-state index in [-0.39, 0.29) is 5.96 Å². The second kappa shape index (κ2) is 6.40. The summed E-state index contributed by atoms with van der Waals surface area (Å²) in [6.45, 7) is 0. The Balaban J connectivity index is 2.39. The average Bonchev–Trinajstić information content (AvgIpc) is 2.93. The number of aliphatic imine (C=N–C) groups is 1. The maximum absolute atomic E-state index is 11.8. The molecule has 0 atom stereocenters. The van der Waals surface area contributed by atoms with Gasteiger partial charge in [0.15, 0.2) is 5.96 Å². The van der Waals surface area contributed by atoms with Crippen LogP contribution in [0.5, 0.6) is 0 Å². The summed E-state index contributed by atoms with van der Waals surface area (Å²) in [4.78, 5) is 25.9. The Morgan fingerprint density at radius 3 is 2.64 bits per heavy atom. The summed E-state index contributed by atoms with van der Waals surface area (Å²) in [7, 11) is 0. The fourth-order valence-corrected chi connectivity index (χ4v) is 1.89. The van der Waals surface area contributed by atoms with Crippen LogP contribution in [0.2, 0.25) is 0 Å². The zero-order chi connectivity index (χ0) is 16.1. The standard InChI is InChI=1S/C15H14N4O3/c16-15(17)18-14(22)10-3-1-4-12(9-10)19-8-2-5-11(19)6-7-13(20)21/h1-9H,(H,20,21)(H4,16,17,18,22). The highest BCUT2D eigenvalue weighted by atomic mass is 16.4. The van der Waals surface area contributed by atoms with Crippen LogP contribution in [0.25, 0.3) is 11.8 Å². The predicted molar refractivity (Wildman–Crippen MR) is 82.6 cm³/mol. The highest BCUT2D eigenvalue weighted by Gasteiger charge is 2.07. The summed E-state index contributed by atoms with van der Waals surface area (Å²) >= 11 is 0. The number of carboxylic acid groups (broad SMARTS) is 1. The molecule has 7 nitrogen and oxygen atoms in total. The summed E-state index contributed by atoms with van der Waals surface area (Å²) in [5.74, 6) is -1.89. The Bertz CT molecular complexity index is 771. The van der Waals surface area contributed by atoms with E-state index in [0.29, 0.717) is 16.9 Å². The molecule has 7 heteroatoms. The molecule has 0 aliphatic heterocycles. The minimum atomic E-state index is -1.04. The summed E-state index contributed by atoms with van der Waals surface area (Å²) in [5.41, 5.74) is 12.1. The van der Waals surface area contributed by atoms with E-state index in [0.717, 1.165) is 6.08 Å². The lowest BCUT2D eigenvalue weighted by molar-refractivity contribution is -0.131. The molecule has 1 aromatic heterocycles. The number of hydrogen-bond donors (Lipinski definition) is 3. The molecule has 0 saturated heterocycles. The number of carboxylic acids is 1. The molecule has 0 radical (unpaired) electrons.